The van der Waals surface area contributed by atoms with E-state index in [1.54, 1.807) is 4.68 Å². The first-order chi connectivity index (χ1) is 12.4. The highest BCUT2D eigenvalue weighted by Gasteiger charge is 2.31. The second kappa shape index (κ2) is 6.66. The molecule has 8 heteroatoms. The molecule has 1 aliphatic carbocycles. The Labute approximate surface area is 150 Å². The number of pyridine rings is 1. The van der Waals surface area contributed by atoms with Crippen LogP contribution in [0.2, 0.25) is 0 Å². The number of fused-ring (bicyclic) bond motifs is 1. The van der Waals surface area contributed by atoms with E-state index < -0.39 is 11.7 Å². The van der Waals surface area contributed by atoms with Gasteiger partial charge in [-0.2, -0.15) is 18.3 Å². The standard InChI is InChI=1S/C18H22F3N5/c1-24-6-8-25(9-7-24)15-3-4-16-13(10-15)12-26(23-16)17-5-2-14(11-22-17)18(19,20)21/h2,5,11-12,15H,3-4,6-10H2,1H3. The maximum absolute atomic E-state index is 12.7. The second-order valence-electron chi connectivity index (χ2n) is 7.18. The summed E-state index contributed by atoms with van der Waals surface area (Å²) in [6.45, 7) is 4.37. The number of piperazine rings is 1. The third-order valence-corrected chi connectivity index (χ3v) is 5.41. The highest BCUT2D eigenvalue weighted by atomic mass is 19.4. The summed E-state index contributed by atoms with van der Waals surface area (Å²) in [5, 5.41) is 4.55. The molecule has 0 bridgehead atoms. The van der Waals surface area contributed by atoms with Crippen LogP contribution in [0.5, 0.6) is 0 Å². The Morgan fingerprint density at radius 2 is 1.88 bits per heavy atom. The van der Waals surface area contributed by atoms with Gasteiger partial charge in [-0.1, -0.05) is 0 Å². The normalized spacial score (nSPS) is 22.4. The van der Waals surface area contributed by atoms with Crippen LogP contribution in [0.4, 0.5) is 13.2 Å². The SMILES string of the molecule is CN1CCN(C2CCc3nn(-c4ccc(C(F)(F)F)cn4)cc3C2)CC1. The van der Waals surface area contributed by atoms with E-state index in [9.17, 15) is 13.2 Å². The van der Waals surface area contributed by atoms with Gasteiger partial charge in [-0.05, 0) is 44.0 Å². The molecule has 1 fully saturated rings. The summed E-state index contributed by atoms with van der Waals surface area (Å²) in [4.78, 5) is 8.84. The van der Waals surface area contributed by atoms with Gasteiger partial charge in [0.2, 0.25) is 0 Å². The predicted molar refractivity (Wildman–Crippen MR) is 91.2 cm³/mol. The van der Waals surface area contributed by atoms with Crippen molar-refractivity contribution in [3.05, 3.63) is 41.3 Å². The Balaban J connectivity index is 1.49. The van der Waals surface area contributed by atoms with Crippen LogP contribution in [0.3, 0.4) is 0 Å². The molecule has 0 amide bonds. The molecule has 0 aromatic carbocycles. The van der Waals surface area contributed by atoms with Gasteiger partial charge < -0.3 is 4.90 Å². The number of aromatic nitrogens is 3. The topological polar surface area (TPSA) is 37.2 Å². The molecule has 1 saturated heterocycles. The van der Waals surface area contributed by atoms with Crippen LogP contribution >= 0.6 is 0 Å². The number of halogens is 3. The minimum atomic E-state index is -4.37. The van der Waals surface area contributed by atoms with Crippen LogP contribution in [0.1, 0.15) is 23.2 Å². The van der Waals surface area contributed by atoms with E-state index in [4.69, 9.17) is 0 Å². The van der Waals surface area contributed by atoms with Crippen LogP contribution in [-0.2, 0) is 19.0 Å². The van der Waals surface area contributed by atoms with Crippen molar-refractivity contribution in [2.24, 2.45) is 0 Å². The fraction of sp³-hybridized carbons (Fsp3) is 0.556. The van der Waals surface area contributed by atoms with Crippen LogP contribution in [0.25, 0.3) is 5.82 Å². The molecule has 0 radical (unpaired) electrons. The van der Waals surface area contributed by atoms with E-state index >= 15 is 0 Å². The van der Waals surface area contributed by atoms with Gasteiger partial charge in [0.25, 0.3) is 0 Å². The summed E-state index contributed by atoms with van der Waals surface area (Å²) in [6.07, 6.45) is 1.34. The number of aryl methyl sites for hydroxylation is 1. The zero-order valence-electron chi connectivity index (χ0n) is 14.7. The molecule has 2 aromatic rings. The smallest absolute Gasteiger partial charge is 0.304 e. The molecule has 3 heterocycles. The zero-order chi connectivity index (χ0) is 18.3. The van der Waals surface area contributed by atoms with Crippen molar-refractivity contribution in [3.63, 3.8) is 0 Å². The zero-order valence-corrected chi connectivity index (χ0v) is 14.7. The molecule has 4 rings (SSSR count). The van der Waals surface area contributed by atoms with Gasteiger partial charge in [-0.25, -0.2) is 9.67 Å². The van der Waals surface area contributed by atoms with Gasteiger partial charge in [-0.15, -0.1) is 0 Å². The van der Waals surface area contributed by atoms with Gasteiger partial charge in [0.05, 0.1) is 11.3 Å². The number of rotatable bonds is 2. The van der Waals surface area contributed by atoms with E-state index in [0.29, 0.717) is 11.9 Å². The summed E-state index contributed by atoms with van der Waals surface area (Å²) in [7, 11) is 2.15. The Kier molecular flexibility index (Phi) is 4.48. The van der Waals surface area contributed by atoms with Gasteiger partial charge in [0.1, 0.15) is 0 Å². The van der Waals surface area contributed by atoms with Crippen LogP contribution in [-0.4, -0.2) is 63.8 Å². The van der Waals surface area contributed by atoms with Crippen molar-refractivity contribution in [2.75, 3.05) is 33.2 Å². The fourth-order valence-electron chi connectivity index (χ4n) is 3.79. The molecule has 26 heavy (non-hydrogen) atoms. The fourth-order valence-corrected chi connectivity index (χ4v) is 3.79. The maximum atomic E-state index is 12.7. The third kappa shape index (κ3) is 3.48. The highest BCUT2D eigenvalue weighted by molar-refractivity contribution is 5.30. The van der Waals surface area contributed by atoms with Gasteiger partial charge in [0, 0.05) is 44.6 Å². The molecule has 0 saturated carbocycles. The van der Waals surface area contributed by atoms with Crippen molar-refractivity contribution >= 4 is 0 Å². The molecule has 5 nitrogen and oxygen atoms in total. The van der Waals surface area contributed by atoms with E-state index in [1.807, 2.05) is 6.20 Å². The molecule has 2 aliphatic rings. The lowest BCUT2D eigenvalue weighted by molar-refractivity contribution is -0.137. The van der Waals surface area contributed by atoms with E-state index in [0.717, 1.165) is 63.4 Å². The van der Waals surface area contributed by atoms with Gasteiger partial charge in [0.15, 0.2) is 5.82 Å². The molecule has 1 atom stereocenters. The molecule has 2 aromatic heterocycles. The Bertz CT molecular complexity index is 760. The average molecular weight is 365 g/mol. The molecule has 0 spiro atoms. The Hall–Kier alpha value is -1.93. The summed E-state index contributed by atoms with van der Waals surface area (Å²) < 4.78 is 39.7. The molecule has 1 unspecified atom stereocenters. The van der Waals surface area contributed by atoms with Crippen molar-refractivity contribution < 1.29 is 13.2 Å². The van der Waals surface area contributed by atoms with Gasteiger partial charge >= 0.3 is 6.18 Å². The molecule has 0 N–H and O–H groups in total. The van der Waals surface area contributed by atoms with Crippen LogP contribution in [0, 0.1) is 0 Å². The van der Waals surface area contributed by atoms with Crippen molar-refractivity contribution in [2.45, 2.75) is 31.5 Å². The van der Waals surface area contributed by atoms with Crippen LogP contribution < -0.4 is 0 Å². The number of hydrogen-bond acceptors (Lipinski definition) is 4. The summed E-state index contributed by atoms with van der Waals surface area (Å²) >= 11 is 0. The van der Waals surface area contributed by atoms with Crippen molar-refractivity contribution in [3.8, 4) is 5.82 Å². The lowest BCUT2D eigenvalue weighted by Gasteiger charge is -2.39. The minimum Gasteiger partial charge on any atom is -0.304 e. The van der Waals surface area contributed by atoms with E-state index in [1.165, 1.54) is 11.6 Å². The third-order valence-electron chi connectivity index (χ3n) is 5.41. The monoisotopic (exact) mass is 365 g/mol. The summed E-state index contributed by atoms with van der Waals surface area (Å²) in [5.74, 6) is 0.420. The summed E-state index contributed by atoms with van der Waals surface area (Å²) in [5.41, 5.74) is 1.48. The van der Waals surface area contributed by atoms with Crippen molar-refractivity contribution in [1.29, 1.82) is 0 Å². The highest BCUT2D eigenvalue weighted by Crippen LogP contribution is 2.29. The average Bonchev–Trinajstić information content (AvgIpc) is 3.05. The molecule has 1 aliphatic heterocycles. The predicted octanol–water partition coefficient (Wildman–Crippen LogP) is 2.39. The van der Waals surface area contributed by atoms with E-state index in [2.05, 4.69) is 26.9 Å². The largest absolute Gasteiger partial charge is 0.417 e. The first kappa shape index (κ1) is 17.5. The second-order valence-corrected chi connectivity index (χ2v) is 7.18. The van der Waals surface area contributed by atoms with E-state index in [-0.39, 0.29) is 0 Å². The van der Waals surface area contributed by atoms with Crippen LogP contribution in [0.15, 0.2) is 24.5 Å². The minimum absolute atomic E-state index is 0.420. The number of likely N-dealkylation sites (N-methyl/N-ethyl adjacent to an activating group) is 1. The first-order valence-electron chi connectivity index (χ1n) is 8.94. The lowest BCUT2D eigenvalue weighted by Crippen LogP contribution is -2.50. The number of alkyl halides is 3. The maximum Gasteiger partial charge on any atom is 0.417 e. The Morgan fingerprint density at radius 3 is 2.54 bits per heavy atom. The number of nitrogens with zero attached hydrogens (tertiary/aromatic N) is 5. The Morgan fingerprint density at radius 1 is 1.12 bits per heavy atom. The molecular weight excluding hydrogens is 343 g/mol. The van der Waals surface area contributed by atoms with Gasteiger partial charge in [-0.3, -0.25) is 4.90 Å². The quantitative estimate of drug-likeness (QED) is 0.819. The first-order valence-corrected chi connectivity index (χ1v) is 8.94. The lowest BCUT2D eigenvalue weighted by atomic mass is 9.92. The summed E-state index contributed by atoms with van der Waals surface area (Å²) in [6, 6.07) is 2.95. The van der Waals surface area contributed by atoms with Crippen molar-refractivity contribution in [1.82, 2.24) is 24.6 Å². The molecular formula is C18H22F3N5. The number of hydrogen-bond donors (Lipinski definition) is 0. The molecule has 140 valence electrons.